The van der Waals surface area contributed by atoms with E-state index >= 15 is 0 Å². The maximum absolute atomic E-state index is 5.25. The Labute approximate surface area is 81.9 Å². The van der Waals surface area contributed by atoms with Crippen molar-refractivity contribution in [3.8, 4) is 12.3 Å². The van der Waals surface area contributed by atoms with E-state index in [4.69, 9.17) is 6.42 Å². The maximum atomic E-state index is 5.25. The molecule has 0 aromatic carbocycles. The lowest BCUT2D eigenvalue weighted by Crippen LogP contribution is -2.34. The fourth-order valence-corrected chi connectivity index (χ4v) is 2.13. The monoisotopic (exact) mass is 180 g/mol. The fraction of sp³-hybridized carbons (Fsp3) is 0.818. The van der Waals surface area contributed by atoms with Gasteiger partial charge in [-0.2, -0.15) is 0 Å². The first kappa shape index (κ1) is 10.6. The van der Waals surface area contributed by atoms with E-state index in [0.29, 0.717) is 6.04 Å². The highest BCUT2D eigenvalue weighted by atomic mass is 15.2. The molecule has 0 radical (unpaired) electrons. The summed E-state index contributed by atoms with van der Waals surface area (Å²) < 4.78 is 0. The second-order valence-electron chi connectivity index (χ2n) is 4.22. The summed E-state index contributed by atoms with van der Waals surface area (Å²) >= 11 is 0. The highest BCUT2D eigenvalue weighted by molar-refractivity contribution is 4.90. The summed E-state index contributed by atoms with van der Waals surface area (Å²) in [7, 11) is 4.32. The summed E-state index contributed by atoms with van der Waals surface area (Å²) in [4.78, 5) is 4.79. The lowest BCUT2D eigenvalue weighted by molar-refractivity contribution is 0.253. The standard InChI is InChI=1S/C11H20N2/c1-5-6-7-13-8-10(2)11(9-13)12(3)4/h1,10-11H,6-9H2,2-4H3. The molecule has 0 aromatic rings. The molecule has 1 aliphatic heterocycles. The Bertz CT molecular complexity index is 193. The van der Waals surface area contributed by atoms with Gasteiger partial charge in [0.15, 0.2) is 0 Å². The molecule has 0 aromatic heterocycles. The summed E-state index contributed by atoms with van der Waals surface area (Å²) in [5.74, 6) is 3.47. The quantitative estimate of drug-likeness (QED) is 0.595. The van der Waals surface area contributed by atoms with E-state index < -0.39 is 0 Å². The molecule has 2 atom stereocenters. The molecule has 2 nitrogen and oxygen atoms in total. The molecular formula is C11H20N2. The van der Waals surface area contributed by atoms with Crippen LogP contribution >= 0.6 is 0 Å². The van der Waals surface area contributed by atoms with E-state index in [1.807, 2.05) is 0 Å². The maximum Gasteiger partial charge on any atom is 0.0254 e. The number of terminal acetylenes is 1. The van der Waals surface area contributed by atoms with E-state index in [-0.39, 0.29) is 0 Å². The summed E-state index contributed by atoms with van der Waals surface area (Å²) in [6.45, 7) is 5.76. The molecule has 1 rings (SSSR count). The van der Waals surface area contributed by atoms with Gasteiger partial charge < -0.3 is 9.80 Å². The molecule has 0 aliphatic carbocycles. The molecule has 1 saturated heterocycles. The summed E-state index contributed by atoms with van der Waals surface area (Å²) in [5, 5.41) is 0. The third kappa shape index (κ3) is 2.72. The Hall–Kier alpha value is -0.520. The number of hydrogen-bond donors (Lipinski definition) is 0. The lowest BCUT2D eigenvalue weighted by Gasteiger charge is -2.22. The van der Waals surface area contributed by atoms with Gasteiger partial charge in [-0.15, -0.1) is 12.3 Å². The normalized spacial score (nSPS) is 29.5. The molecule has 0 N–H and O–H groups in total. The first-order valence-corrected chi connectivity index (χ1v) is 4.97. The van der Waals surface area contributed by atoms with Crippen LogP contribution in [0.3, 0.4) is 0 Å². The predicted molar refractivity (Wildman–Crippen MR) is 56.5 cm³/mol. The molecule has 0 saturated carbocycles. The zero-order valence-electron chi connectivity index (χ0n) is 8.95. The van der Waals surface area contributed by atoms with Crippen LogP contribution in [0.4, 0.5) is 0 Å². The van der Waals surface area contributed by atoms with Gasteiger partial charge in [-0.1, -0.05) is 6.92 Å². The number of likely N-dealkylation sites (tertiary alicyclic amines) is 1. The van der Waals surface area contributed by atoms with Crippen LogP contribution in [0.15, 0.2) is 0 Å². The zero-order chi connectivity index (χ0) is 9.84. The van der Waals surface area contributed by atoms with Crippen molar-refractivity contribution in [3.63, 3.8) is 0 Å². The van der Waals surface area contributed by atoms with Crippen LogP contribution in [0.5, 0.6) is 0 Å². The predicted octanol–water partition coefficient (Wildman–Crippen LogP) is 0.892. The van der Waals surface area contributed by atoms with Crippen LogP contribution in [0.2, 0.25) is 0 Å². The van der Waals surface area contributed by atoms with Gasteiger partial charge in [0.25, 0.3) is 0 Å². The molecule has 1 aliphatic rings. The average Bonchev–Trinajstić information content (AvgIpc) is 2.43. The minimum absolute atomic E-state index is 0.706. The van der Waals surface area contributed by atoms with Crippen molar-refractivity contribution < 1.29 is 0 Å². The SMILES string of the molecule is C#CCCN1CC(C)C(N(C)C)C1. The first-order valence-electron chi connectivity index (χ1n) is 4.97. The third-order valence-electron chi connectivity index (χ3n) is 2.88. The number of rotatable bonds is 3. The van der Waals surface area contributed by atoms with Crippen LogP contribution in [0.1, 0.15) is 13.3 Å². The van der Waals surface area contributed by atoms with E-state index in [1.165, 1.54) is 13.1 Å². The highest BCUT2D eigenvalue weighted by Gasteiger charge is 2.30. The Morgan fingerprint density at radius 3 is 2.62 bits per heavy atom. The topological polar surface area (TPSA) is 6.48 Å². The van der Waals surface area contributed by atoms with Crippen molar-refractivity contribution in [2.45, 2.75) is 19.4 Å². The first-order chi connectivity index (χ1) is 6.15. The Morgan fingerprint density at radius 1 is 1.46 bits per heavy atom. The van der Waals surface area contributed by atoms with Crippen LogP contribution in [-0.4, -0.2) is 49.6 Å². The second kappa shape index (κ2) is 4.64. The Morgan fingerprint density at radius 2 is 2.15 bits per heavy atom. The molecule has 74 valence electrons. The van der Waals surface area contributed by atoms with E-state index in [0.717, 1.165) is 18.9 Å². The Balaban J connectivity index is 2.37. The van der Waals surface area contributed by atoms with Crippen molar-refractivity contribution >= 4 is 0 Å². The molecular weight excluding hydrogens is 160 g/mol. The van der Waals surface area contributed by atoms with Crippen molar-refractivity contribution in [3.05, 3.63) is 0 Å². The van der Waals surface area contributed by atoms with Gasteiger partial charge in [-0.25, -0.2) is 0 Å². The summed E-state index contributed by atoms with van der Waals surface area (Å²) in [5.41, 5.74) is 0. The van der Waals surface area contributed by atoms with Crippen LogP contribution in [0.25, 0.3) is 0 Å². The molecule has 0 spiro atoms. The lowest BCUT2D eigenvalue weighted by atomic mass is 10.1. The molecule has 2 unspecified atom stereocenters. The summed E-state index contributed by atoms with van der Waals surface area (Å²) in [6.07, 6.45) is 6.13. The minimum Gasteiger partial charge on any atom is -0.305 e. The van der Waals surface area contributed by atoms with Crippen LogP contribution < -0.4 is 0 Å². The van der Waals surface area contributed by atoms with Gasteiger partial charge in [-0.05, 0) is 20.0 Å². The molecule has 13 heavy (non-hydrogen) atoms. The highest BCUT2D eigenvalue weighted by Crippen LogP contribution is 2.19. The van der Waals surface area contributed by atoms with Gasteiger partial charge in [0, 0.05) is 32.1 Å². The minimum atomic E-state index is 0.706. The van der Waals surface area contributed by atoms with Gasteiger partial charge in [0.2, 0.25) is 0 Å². The van der Waals surface area contributed by atoms with E-state index in [9.17, 15) is 0 Å². The number of likely N-dealkylation sites (N-methyl/N-ethyl adjacent to an activating group) is 1. The van der Waals surface area contributed by atoms with Crippen molar-refractivity contribution in [1.29, 1.82) is 0 Å². The second-order valence-corrected chi connectivity index (χ2v) is 4.22. The molecule has 0 bridgehead atoms. The molecule has 0 amide bonds. The molecule has 1 fully saturated rings. The van der Waals surface area contributed by atoms with E-state index in [2.05, 4.69) is 36.7 Å². The average molecular weight is 180 g/mol. The van der Waals surface area contributed by atoms with Gasteiger partial charge in [-0.3, -0.25) is 0 Å². The molecule has 2 heteroatoms. The Kier molecular flexibility index (Phi) is 3.77. The largest absolute Gasteiger partial charge is 0.305 e. The van der Waals surface area contributed by atoms with Crippen molar-refractivity contribution in [2.75, 3.05) is 33.7 Å². The smallest absolute Gasteiger partial charge is 0.0254 e. The van der Waals surface area contributed by atoms with Crippen LogP contribution in [0, 0.1) is 18.3 Å². The van der Waals surface area contributed by atoms with Crippen molar-refractivity contribution in [1.82, 2.24) is 9.80 Å². The van der Waals surface area contributed by atoms with Gasteiger partial charge in [0.1, 0.15) is 0 Å². The summed E-state index contributed by atoms with van der Waals surface area (Å²) in [6, 6.07) is 0.706. The van der Waals surface area contributed by atoms with E-state index in [1.54, 1.807) is 0 Å². The fourth-order valence-electron chi connectivity index (χ4n) is 2.13. The molecule has 1 heterocycles. The number of hydrogen-bond acceptors (Lipinski definition) is 2. The van der Waals surface area contributed by atoms with Crippen molar-refractivity contribution in [2.24, 2.45) is 5.92 Å². The van der Waals surface area contributed by atoms with Gasteiger partial charge >= 0.3 is 0 Å². The van der Waals surface area contributed by atoms with Crippen LogP contribution in [-0.2, 0) is 0 Å². The zero-order valence-corrected chi connectivity index (χ0v) is 8.95. The number of nitrogens with zero attached hydrogens (tertiary/aromatic N) is 2. The van der Waals surface area contributed by atoms with Gasteiger partial charge in [0.05, 0.1) is 0 Å². The third-order valence-corrected chi connectivity index (χ3v) is 2.88.